The molecule has 6 nitrogen and oxygen atoms in total. The lowest BCUT2D eigenvalue weighted by molar-refractivity contribution is -0.123. The van der Waals surface area contributed by atoms with Gasteiger partial charge in [0.05, 0.1) is 11.9 Å². The molecule has 0 aliphatic heterocycles. The van der Waals surface area contributed by atoms with E-state index in [-0.39, 0.29) is 11.4 Å². The topological polar surface area (TPSA) is 87.3 Å². The Kier molecular flexibility index (Phi) is 6.04. The summed E-state index contributed by atoms with van der Waals surface area (Å²) in [6, 6.07) is 4.87. The molecule has 0 saturated heterocycles. The number of aryl methyl sites for hydroxylation is 1. The minimum atomic E-state index is -3.35. The molecule has 130 valence electrons. The van der Waals surface area contributed by atoms with Crippen LogP contribution in [-0.2, 0) is 14.8 Å². The third-order valence-corrected chi connectivity index (χ3v) is 4.25. The summed E-state index contributed by atoms with van der Waals surface area (Å²) in [6.07, 6.45) is 1.94. The predicted octanol–water partition coefficient (Wildman–Crippen LogP) is 2.47. The van der Waals surface area contributed by atoms with Gasteiger partial charge in [-0.25, -0.2) is 8.42 Å². The Balaban J connectivity index is 2.85. The number of hydrogen-bond acceptors (Lipinski definition) is 4. The molecule has 1 unspecified atom stereocenters. The molecule has 1 amide bonds. The molecule has 0 aliphatic carbocycles. The zero-order chi connectivity index (χ0) is 17.8. The number of carbonyl (C=O) groups is 1. The number of anilines is 2. The standard InChI is InChI=1S/C16H27N3O3S/c1-7-16(4,5)18-15(20)12(3)17-13-9-8-11(2)14(10-13)19-23(6,21)22/h8-10,12,17,19H,7H2,1-6H3,(H,18,20). The summed E-state index contributed by atoms with van der Waals surface area (Å²) >= 11 is 0. The van der Waals surface area contributed by atoms with E-state index < -0.39 is 16.1 Å². The first-order valence-electron chi connectivity index (χ1n) is 7.60. The molecule has 1 rings (SSSR count). The molecule has 0 bridgehead atoms. The maximum atomic E-state index is 12.2. The van der Waals surface area contributed by atoms with Crippen molar-refractivity contribution in [2.75, 3.05) is 16.3 Å². The minimum absolute atomic E-state index is 0.102. The number of sulfonamides is 1. The van der Waals surface area contributed by atoms with Crippen LogP contribution < -0.4 is 15.4 Å². The molecule has 1 aromatic rings. The lowest BCUT2D eigenvalue weighted by Crippen LogP contribution is -2.48. The van der Waals surface area contributed by atoms with Crippen molar-refractivity contribution < 1.29 is 13.2 Å². The van der Waals surface area contributed by atoms with Crippen LogP contribution in [-0.4, -0.2) is 32.2 Å². The van der Waals surface area contributed by atoms with E-state index in [0.717, 1.165) is 18.2 Å². The van der Waals surface area contributed by atoms with E-state index in [9.17, 15) is 13.2 Å². The molecule has 0 spiro atoms. The Morgan fingerprint density at radius 3 is 2.43 bits per heavy atom. The fourth-order valence-electron chi connectivity index (χ4n) is 1.87. The summed E-state index contributed by atoms with van der Waals surface area (Å²) in [6.45, 7) is 9.54. The number of rotatable bonds is 7. The van der Waals surface area contributed by atoms with E-state index in [1.165, 1.54) is 0 Å². The van der Waals surface area contributed by atoms with E-state index in [0.29, 0.717) is 11.4 Å². The summed E-state index contributed by atoms with van der Waals surface area (Å²) in [5.74, 6) is -0.102. The van der Waals surface area contributed by atoms with Gasteiger partial charge >= 0.3 is 0 Å². The zero-order valence-corrected chi connectivity index (χ0v) is 15.5. The van der Waals surface area contributed by atoms with Gasteiger partial charge in [0, 0.05) is 11.2 Å². The maximum absolute atomic E-state index is 12.2. The van der Waals surface area contributed by atoms with Crippen molar-refractivity contribution in [2.24, 2.45) is 0 Å². The van der Waals surface area contributed by atoms with Crippen LogP contribution in [0.3, 0.4) is 0 Å². The smallest absolute Gasteiger partial charge is 0.242 e. The molecule has 0 aromatic heterocycles. The molecule has 0 radical (unpaired) electrons. The minimum Gasteiger partial charge on any atom is -0.374 e. The van der Waals surface area contributed by atoms with E-state index in [1.54, 1.807) is 19.1 Å². The fourth-order valence-corrected chi connectivity index (χ4v) is 2.49. The quantitative estimate of drug-likeness (QED) is 0.711. The van der Waals surface area contributed by atoms with Crippen LogP contribution in [0, 0.1) is 6.92 Å². The Morgan fingerprint density at radius 2 is 1.91 bits per heavy atom. The van der Waals surface area contributed by atoms with Crippen LogP contribution in [0.5, 0.6) is 0 Å². The van der Waals surface area contributed by atoms with E-state index in [4.69, 9.17) is 0 Å². The Bertz CT molecular complexity index is 669. The lowest BCUT2D eigenvalue weighted by Gasteiger charge is -2.27. The van der Waals surface area contributed by atoms with Gasteiger partial charge in [-0.2, -0.15) is 0 Å². The van der Waals surface area contributed by atoms with Gasteiger partial charge in [0.2, 0.25) is 15.9 Å². The number of hydrogen-bond donors (Lipinski definition) is 3. The largest absolute Gasteiger partial charge is 0.374 e. The molecule has 1 atom stereocenters. The first kappa shape index (κ1) is 19.3. The third-order valence-electron chi connectivity index (χ3n) is 3.65. The molecule has 7 heteroatoms. The molecule has 0 fully saturated rings. The summed E-state index contributed by atoms with van der Waals surface area (Å²) in [7, 11) is -3.35. The molecule has 23 heavy (non-hydrogen) atoms. The second-order valence-corrected chi connectivity index (χ2v) is 8.25. The maximum Gasteiger partial charge on any atom is 0.242 e. The van der Waals surface area contributed by atoms with Crippen molar-refractivity contribution >= 4 is 27.3 Å². The second-order valence-electron chi connectivity index (χ2n) is 6.50. The highest BCUT2D eigenvalue weighted by molar-refractivity contribution is 7.92. The van der Waals surface area contributed by atoms with Crippen LogP contribution >= 0.6 is 0 Å². The lowest BCUT2D eigenvalue weighted by atomic mass is 10.0. The molecule has 3 N–H and O–H groups in total. The van der Waals surface area contributed by atoms with Gasteiger partial charge < -0.3 is 10.6 Å². The van der Waals surface area contributed by atoms with Crippen molar-refractivity contribution in [2.45, 2.75) is 52.6 Å². The van der Waals surface area contributed by atoms with Crippen LogP contribution in [0.15, 0.2) is 18.2 Å². The SMILES string of the molecule is CCC(C)(C)NC(=O)C(C)Nc1ccc(C)c(NS(C)(=O)=O)c1. The molecule has 1 aromatic carbocycles. The average Bonchev–Trinajstić information content (AvgIpc) is 2.40. The molecule has 0 aliphatic rings. The van der Waals surface area contributed by atoms with E-state index in [2.05, 4.69) is 15.4 Å². The molecular weight excluding hydrogens is 314 g/mol. The first-order valence-corrected chi connectivity index (χ1v) is 9.49. The van der Waals surface area contributed by atoms with E-state index >= 15 is 0 Å². The van der Waals surface area contributed by atoms with Gasteiger partial charge in [-0.1, -0.05) is 13.0 Å². The van der Waals surface area contributed by atoms with Gasteiger partial charge in [0.15, 0.2) is 0 Å². The second kappa shape index (κ2) is 7.21. The number of amides is 1. The highest BCUT2D eigenvalue weighted by Crippen LogP contribution is 2.22. The number of nitrogens with one attached hydrogen (secondary N) is 3. The monoisotopic (exact) mass is 341 g/mol. The van der Waals surface area contributed by atoms with Crippen LogP contribution in [0.2, 0.25) is 0 Å². The number of benzene rings is 1. The van der Waals surface area contributed by atoms with Gasteiger partial charge in [-0.15, -0.1) is 0 Å². The Hall–Kier alpha value is -1.76. The van der Waals surface area contributed by atoms with Crippen molar-refractivity contribution in [1.29, 1.82) is 0 Å². The third kappa shape index (κ3) is 6.48. The van der Waals surface area contributed by atoms with Crippen LogP contribution in [0.1, 0.15) is 39.7 Å². The summed E-state index contributed by atoms with van der Waals surface area (Å²) in [5.41, 5.74) is 1.73. The van der Waals surface area contributed by atoms with Crippen molar-refractivity contribution in [3.05, 3.63) is 23.8 Å². The fraction of sp³-hybridized carbons (Fsp3) is 0.562. The zero-order valence-electron chi connectivity index (χ0n) is 14.6. The van der Waals surface area contributed by atoms with Gasteiger partial charge in [0.1, 0.15) is 6.04 Å². The first-order chi connectivity index (χ1) is 10.4. The van der Waals surface area contributed by atoms with Crippen LogP contribution in [0.4, 0.5) is 11.4 Å². The predicted molar refractivity (Wildman–Crippen MR) is 95.2 cm³/mol. The summed E-state index contributed by atoms with van der Waals surface area (Å²) in [4.78, 5) is 12.2. The van der Waals surface area contributed by atoms with Gasteiger partial charge in [-0.3, -0.25) is 9.52 Å². The Labute approximate surface area is 139 Å². The number of carbonyl (C=O) groups excluding carboxylic acids is 1. The van der Waals surface area contributed by atoms with Crippen LogP contribution in [0.25, 0.3) is 0 Å². The van der Waals surface area contributed by atoms with Crippen molar-refractivity contribution in [3.63, 3.8) is 0 Å². The average molecular weight is 341 g/mol. The highest BCUT2D eigenvalue weighted by Gasteiger charge is 2.21. The highest BCUT2D eigenvalue weighted by atomic mass is 32.2. The molecule has 0 saturated carbocycles. The van der Waals surface area contributed by atoms with E-state index in [1.807, 2.05) is 33.8 Å². The van der Waals surface area contributed by atoms with Crippen molar-refractivity contribution in [1.82, 2.24) is 5.32 Å². The summed E-state index contributed by atoms with van der Waals surface area (Å²) < 4.78 is 25.2. The van der Waals surface area contributed by atoms with Gasteiger partial charge in [0.25, 0.3) is 0 Å². The molecular formula is C16H27N3O3S. The van der Waals surface area contributed by atoms with Crippen molar-refractivity contribution in [3.8, 4) is 0 Å². The Morgan fingerprint density at radius 1 is 1.30 bits per heavy atom. The normalized spacial score (nSPS) is 13.3. The van der Waals surface area contributed by atoms with Gasteiger partial charge in [-0.05, 0) is 51.8 Å². The molecule has 0 heterocycles. The summed E-state index contributed by atoms with van der Waals surface area (Å²) in [5, 5.41) is 6.07.